The van der Waals surface area contributed by atoms with Crippen LogP contribution in [-0.2, 0) is 4.79 Å². The van der Waals surface area contributed by atoms with Gasteiger partial charge in [-0.05, 0) is 37.3 Å². The summed E-state index contributed by atoms with van der Waals surface area (Å²) in [6, 6.07) is 10.4. The number of hydrogen-bond donors (Lipinski definition) is 1. The Balaban J connectivity index is 1.99. The molecule has 0 atom stereocenters. The van der Waals surface area contributed by atoms with Crippen LogP contribution in [0.1, 0.15) is 12.5 Å². The molecule has 0 aliphatic carbocycles. The van der Waals surface area contributed by atoms with E-state index >= 15 is 0 Å². The van der Waals surface area contributed by atoms with E-state index in [0.717, 1.165) is 0 Å². The number of rotatable bonds is 8. The number of nitriles is 1. The van der Waals surface area contributed by atoms with Crippen molar-refractivity contribution in [2.24, 2.45) is 0 Å². The molecule has 1 amide bonds. The van der Waals surface area contributed by atoms with Gasteiger partial charge in [0.2, 0.25) is 0 Å². The zero-order valence-corrected chi connectivity index (χ0v) is 14.9. The summed E-state index contributed by atoms with van der Waals surface area (Å²) in [6.45, 7) is -1.19. The van der Waals surface area contributed by atoms with Gasteiger partial charge in [-0.25, -0.2) is 0 Å². The summed E-state index contributed by atoms with van der Waals surface area (Å²) < 4.78 is 39.5. The lowest BCUT2D eigenvalue weighted by Crippen LogP contribution is -2.20. The Bertz CT molecular complexity index is 856. The van der Waals surface area contributed by atoms with E-state index in [1.165, 1.54) is 36.4 Å². The predicted octanol–water partition coefficient (Wildman–Crippen LogP) is 4.23. The number of nitrogens with one attached hydrogen (secondary N) is 1. The Morgan fingerprint density at radius 2 is 1.93 bits per heavy atom. The minimum Gasteiger partial charge on any atom is -0.490 e. The molecular formula is C18H15ClF2N2O4. The third-order valence-corrected chi connectivity index (χ3v) is 3.46. The van der Waals surface area contributed by atoms with Crippen LogP contribution in [-0.4, -0.2) is 25.7 Å². The SMILES string of the molecule is CCOc1cc(C#N)ccc1OCC(=O)Nc1ccc(OC(F)F)c(Cl)c1. The minimum atomic E-state index is -3.00. The fraction of sp³-hybridized carbons (Fsp3) is 0.222. The molecule has 0 spiro atoms. The highest BCUT2D eigenvalue weighted by Crippen LogP contribution is 2.30. The molecule has 0 aromatic heterocycles. The fourth-order valence-electron chi connectivity index (χ4n) is 2.08. The second-order valence-corrected chi connectivity index (χ2v) is 5.47. The molecule has 0 saturated heterocycles. The van der Waals surface area contributed by atoms with E-state index in [1.807, 2.05) is 6.07 Å². The van der Waals surface area contributed by atoms with Gasteiger partial charge in [0.25, 0.3) is 5.91 Å². The van der Waals surface area contributed by atoms with Crippen LogP contribution in [0.5, 0.6) is 17.2 Å². The van der Waals surface area contributed by atoms with Crippen molar-refractivity contribution in [2.75, 3.05) is 18.5 Å². The molecule has 1 N–H and O–H groups in total. The largest absolute Gasteiger partial charge is 0.490 e. The molecule has 27 heavy (non-hydrogen) atoms. The van der Waals surface area contributed by atoms with E-state index in [0.29, 0.717) is 29.4 Å². The second-order valence-electron chi connectivity index (χ2n) is 5.07. The highest BCUT2D eigenvalue weighted by Gasteiger charge is 2.12. The maximum atomic E-state index is 12.2. The summed E-state index contributed by atoms with van der Waals surface area (Å²) in [7, 11) is 0. The lowest BCUT2D eigenvalue weighted by molar-refractivity contribution is -0.118. The molecule has 2 aromatic carbocycles. The first-order valence-electron chi connectivity index (χ1n) is 7.77. The molecule has 0 radical (unpaired) electrons. The first kappa shape index (κ1) is 20.3. The van der Waals surface area contributed by atoms with Crippen LogP contribution in [0.2, 0.25) is 5.02 Å². The zero-order valence-electron chi connectivity index (χ0n) is 14.2. The van der Waals surface area contributed by atoms with Gasteiger partial charge < -0.3 is 19.5 Å². The maximum Gasteiger partial charge on any atom is 0.387 e. The van der Waals surface area contributed by atoms with Crippen molar-refractivity contribution in [1.29, 1.82) is 5.26 Å². The average Bonchev–Trinajstić information content (AvgIpc) is 2.63. The van der Waals surface area contributed by atoms with Crippen molar-refractivity contribution in [2.45, 2.75) is 13.5 Å². The van der Waals surface area contributed by atoms with Crippen LogP contribution >= 0.6 is 11.6 Å². The lowest BCUT2D eigenvalue weighted by atomic mass is 10.2. The molecule has 0 saturated carbocycles. The Kier molecular flexibility index (Phi) is 7.20. The Morgan fingerprint density at radius 1 is 1.19 bits per heavy atom. The normalized spacial score (nSPS) is 10.2. The van der Waals surface area contributed by atoms with Crippen molar-refractivity contribution in [3.8, 4) is 23.3 Å². The lowest BCUT2D eigenvalue weighted by Gasteiger charge is -2.13. The summed E-state index contributed by atoms with van der Waals surface area (Å²) in [5.74, 6) is -0.0362. The van der Waals surface area contributed by atoms with Crippen LogP contribution in [0.4, 0.5) is 14.5 Å². The summed E-state index contributed by atoms with van der Waals surface area (Å²) in [6.07, 6.45) is 0. The van der Waals surface area contributed by atoms with Crippen LogP contribution in [0.25, 0.3) is 0 Å². The van der Waals surface area contributed by atoms with Crippen LogP contribution in [0.15, 0.2) is 36.4 Å². The zero-order chi connectivity index (χ0) is 19.8. The summed E-state index contributed by atoms with van der Waals surface area (Å²) in [5.41, 5.74) is 0.691. The van der Waals surface area contributed by atoms with Crippen molar-refractivity contribution < 1.29 is 27.8 Å². The molecule has 0 bridgehead atoms. The standard InChI is InChI=1S/C18H15ClF2N2O4/c1-2-25-16-7-11(9-22)3-5-15(16)26-10-17(24)23-12-4-6-14(13(19)8-12)27-18(20)21/h3-8,18H,2,10H2,1H3,(H,23,24). The number of hydrogen-bond acceptors (Lipinski definition) is 5. The third kappa shape index (κ3) is 6.01. The van der Waals surface area contributed by atoms with E-state index in [9.17, 15) is 13.6 Å². The van der Waals surface area contributed by atoms with Gasteiger partial charge in [-0.3, -0.25) is 4.79 Å². The van der Waals surface area contributed by atoms with Crippen LogP contribution in [0.3, 0.4) is 0 Å². The van der Waals surface area contributed by atoms with Gasteiger partial charge in [-0.2, -0.15) is 14.0 Å². The van der Waals surface area contributed by atoms with Gasteiger partial charge in [0.15, 0.2) is 18.1 Å². The summed E-state index contributed by atoms with van der Waals surface area (Å²) >= 11 is 5.83. The molecule has 0 aliphatic heterocycles. The highest BCUT2D eigenvalue weighted by molar-refractivity contribution is 6.32. The molecule has 0 fully saturated rings. The molecule has 0 aliphatic rings. The topological polar surface area (TPSA) is 80.6 Å². The summed E-state index contributed by atoms with van der Waals surface area (Å²) in [4.78, 5) is 12.0. The van der Waals surface area contributed by atoms with Crippen LogP contribution < -0.4 is 19.5 Å². The van der Waals surface area contributed by atoms with Gasteiger partial charge in [0.1, 0.15) is 5.75 Å². The molecule has 0 heterocycles. The van der Waals surface area contributed by atoms with Gasteiger partial charge in [-0.1, -0.05) is 11.6 Å². The fourth-order valence-corrected chi connectivity index (χ4v) is 2.30. The number of nitrogens with zero attached hydrogens (tertiary/aromatic N) is 1. The van der Waals surface area contributed by atoms with Gasteiger partial charge in [0, 0.05) is 11.8 Å². The number of halogens is 3. The smallest absolute Gasteiger partial charge is 0.387 e. The Labute approximate surface area is 159 Å². The second kappa shape index (κ2) is 9.59. The number of anilines is 1. The Hall–Kier alpha value is -3.05. The number of amides is 1. The first-order valence-corrected chi connectivity index (χ1v) is 8.14. The monoisotopic (exact) mass is 396 g/mol. The van der Waals surface area contributed by atoms with E-state index in [2.05, 4.69) is 10.1 Å². The molecule has 9 heteroatoms. The van der Waals surface area contributed by atoms with Gasteiger partial charge >= 0.3 is 6.61 Å². The van der Waals surface area contributed by atoms with Gasteiger partial charge in [0.05, 0.1) is 23.3 Å². The summed E-state index contributed by atoms with van der Waals surface area (Å²) in [5, 5.41) is 11.4. The molecular weight excluding hydrogens is 382 g/mol. The van der Waals surface area contributed by atoms with Crippen LogP contribution in [0, 0.1) is 11.3 Å². The Morgan fingerprint density at radius 3 is 2.56 bits per heavy atom. The van der Waals surface area contributed by atoms with Gasteiger partial charge in [-0.15, -0.1) is 0 Å². The minimum absolute atomic E-state index is 0.0697. The molecule has 6 nitrogen and oxygen atoms in total. The van der Waals surface area contributed by atoms with E-state index in [1.54, 1.807) is 6.92 Å². The third-order valence-electron chi connectivity index (χ3n) is 3.16. The number of carbonyl (C=O) groups excluding carboxylic acids is 1. The quantitative estimate of drug-likeness (QED) is 0.722. The molecule has 2 aromatic rings. The highest BCUT2D eigenvalue weighted by atomic mass is 35.5. The van der Waals surface area contributed by atoms with Crippen molar-refractivity contribution in [3.63, 3.8) is 0 Å². The van der Waals surface area contributed by atoms with Crippen molar-refractivity contribution in [3.05, 3.63) is 47.0 Å². The molecule has 142 valence electrons. The number of alkyl halides is 2. The average molecular weight is 397 g/mol. The molecule has 2 rings (SSSR count). The predicted molar refractivity (Wildman–Crippen MR) is 94.5 cm³/mol. The first-order chi connectivity index (χ1) is 12.9. The molecule has 0 unspecified atom stereocenters. The van der Waals surface area contributed by atoms with E-state index < -0.39 is 12.5 Å². The van der Waals surface area contributed by atoms with Crippen molar-refractivity contribution >= 4 is 23.2 Å². The van der Waals surface area contributed by atoms with E-state index in [4.69, 9.17) is 26.3 Å². The van der Waals surface area contributed by atoms with Crippen molar-refractivity contribution in [1.82, 2.24) is 0 Å². The number of benzene rings is 2. The van der Waals surface area contributed by atoms with E-state index in [-0.39, 0.29) is 17.4 Å². The number of carbonyl (C=O) groups is 1. The number of ether oxygens (including phenoxy) is 3. The maximum absolute atomic E-state index is 12.2.